The predicted molar refractivity (Wildman–Crippen MR) is 76.1 cm³/mol. The number of aromatic nitrogens is 3. The van der Waals surface area contributed by atoms with Crippen LogP contribution in [0.15, 0.2) is 47.5 Å². The van der Waals surface area contributed by atoms with Gasteiger partial charge in [-0.3, -0.25) is 9.36 Å². The van der Waals surface area contributed by atoms with E-state index in [1.807, 2.05) is 42.7 Å². The Kier molecular flexibility index (Phi) is 2.71. The van der Waals surface area contributed by atoms with E-state index in [4.69, 9.17) is 0 Å². The molecule has 3 aromatic rings. The number of fused-ring (bicyclic) bond motifs is 1. The van der Waals surface area contributed by atoms with Gasteiger partial charge in [0.15, 0.2) is 0 Å². The van der Waals surface area contributed by atoms with Gasteiger partial charge in [0.1, 0.15) is 5.82 Å². The second-order valence-corrected chi connectivity index (χ2v) is 4.55. The Labute approximate surface area is 110 Å². The highest BCUT2D eigenvalue weighted by Crippen LogP contribution is 2.18. The van der Waals surface area contributed by atoms with Crippen LogP contribution in [-0.2, 0) is 13.6 Å². The molecule has 96 valence electrons. The molecule has 2 heterocycles. The highest BCUT2D eigenvalue weighted by Gasteiger charge is 2.10. The molecule has 0 spiro atoms. The summed E-state index contributed by atoms with van der Waals surface area (Å²) < 4.78 is 3.67. The SMILES string of the molecule is CCn1ccc(-c2nc3ccccc3c(=O)n2C)c1. The molecule has 1 aromatic carbocycles. The van der Waals surface area contributed by atoms with Crippen molar-refractivity contribution >= 4 is 10.9 Å². The maximum Gasteiger partial charge on any atom is 0.261 e. The number of hydrogen-bond donors (Lipinski definition) is 0. The van der Waals surface area contributed by atoms with Gasteiger partial charge in [-0.1, -0.05) is 12.1 Å². The molecular weight excluding hydrogens is 238 g/mol. The van der Waals surface area contributed by atoms with Crippen molar-refractivity contribution in [1.82, 2.24) is 14.1 Å². The Bertz CT molecular complexity index is 799. The minimum absolute atomic E-state index is 0.00940. The largest absolute Gasteiger partial charge is 0.354 e. The van der Waals surface area contributed by atoms with Crippen molar-refractivity contribution in [3.05, 3.63) is 53.1 Å². The van der Waals surface area contributed by atoms with E-state index in [9.17, 15) is 4.79 Å². The summed E-state index contributed by atoms with van der Waals surface area (Å²) in [7, 11) is 1.76. The average Bonchev–Trinajstić information content (AvgIpc) is 2.91. The second kappa shape index (κ2) is 4.39. The lowest BCUT2D eigenvalue weighted by Gasteiger charge is -2.07. The first-order chi connectivity index (χ1) is 9.20. The zero-order valence-electron chi connectivity index (χ0n) is 11.0. The lowest BCUT2D eigenvalue weighted by molar-refractivity contribution is 0.768. The Balaban J connectivity index is 2.29. The molecular formula is C15H15N3O. The predicted octanol–water partition coefficient (Wildman–Crippen LogP) is 2.42. The van der Waals surface area contributed by atoms with E-state index < -0.39 is 0 Å². The average molecular weight is 253 g/mol. The fourth-order valence-corrected chi connectivity index (χ4v) is 2.25. The second-order valence-electron chi connectivity index (χ2n) is 4.55. The normalized spacial score (nSPS) is 11.1. The summed E-state index contributed by atoms with van der Waals surface area (Å²) in [5.74, 6) is 0.705. The lowest BCUT2D eigenvalue weighted by Crippen LogP contribution is -2.20. The van der Waals surface area contributed by atoms with E-state index in [0.29, 0.717) is 11.2 Å². The summed E-state index contributed by atoms with van der Waals surface area (Å²) in [5.41, 5.74) is 1.70. The third-order valence-corrected chi connectivity index (χ3v) is 3.36. The number of aryl methyl sites for hydroxylation is 1. The number of nitrogens with zero attached hydrogens (tertiary/aromatic N) is 3. The summed E-state index contributed by atoms with van der Waals surface area (Å²) >= 11 is 0. The van der Waals surface area contributed by atoms with Crippen molar-refractivity contribution in [3.8, 4) is 11.4 Å². The van der Waals surface area contributed by atoms with Gasteiger partial charge in [-0.25, -0.2) is 4.98 Å². The van der Waals surface area contributed by atoms with Gasteiger partial charge in [0, 0.05) is 31.5 Å². The molecule has 4 heteroatoms. The van der Waals surface area contributed by atoms with Crippen molar-refractivity contribution in [2.75, 3.05) is 0 Å². The molecule has 19 heavy (non-hydrogen) atoms. The summed E-state index contributed by atoms with van der Waals surface area (Å²) in [6.07, 6.45) is 4.01. The Morgan fingerprint density at radius 2 is 2.00 bits per heavy atom. The molecule has 3 rings (SSSR count). The van der Waals surface area contributed by atoms with Crippen LogP contribution in [-0.4, -0.2) is 14.1 Å². The molecule has 0 aliphatic carbocycles. The van der Waals surface area contributed by atoms with Crippen molar-refractivity contribution < 1.29 is 0 Å². The molecule has 0 fully saturated rings. The van der Waals surface area contributed by atoms with Gasteiger partial charge in [-0.05, 0) is 25.1 Å². The fourth-order valence-electron chi connectivity index (χ4n) is 2.25. The van der Waals surface area contributed by atoms with Gasteiger partial charge in [0.25, 0.3) is 5.56 Å². The van der Waals surface area contributed by atoms with Crippen molar-refractivity contribution in [1.29, 1.82) is 0 Å². The highest BCUT2D eigenvalue weighted by molar-refractivity contribution is 5.79. The highest BCUT2D eigenvalue weighted by atomic mass is 16.1. The summed E-state index contributed by atoms with van der Waals surface area (Å²) in [4.78, 5) is 16.9. The van der Waals surface area contributed by atoms with Gasteiger partial charge in [-0.15, -0.1) is 0 Å². The Morgan fingerprint density at radius 3 is 2.74 bits per heavy atom. The molecule has 0 unspecified atom stereocenters. The van der Waals surface area contributed by atoms with Crippen molar-refractivity contribution in [2.24, 2.45) is 7.05 Å². The van der Waals surface area contributed by atoms with Gasteiger partial charge in [-0.2, -0.15) is 0 Å². The Hall–Kier alpha value is -2.36. The zero-order valence-corrected chi connectivity index (χ0v) is 11.0. The van der Waals surface area contributed by atoms with E-state index in [0.717, 1.165) is 17.6 Å². The van der Waals surface area contributed by atoms with E-state index in [1.54, 1.807) is 11.6 Å². The minimum Gasteiger partial charge on any atom is -0.354 e. The lowest BCUT2D eigenvalue weighted by atomic mass is 10.2. The number of benzene rings is 1. The van der Waals surface area contributed by atoms with Gasteiger partial charge in [0.05, 0.1) is 10.9 Å². The third kappa shape index (κ3) is 1.85. The summed E-state index contributed by atoms with van der Waals surface area (Å²) in [6, 6.07) is 9.43. The monoisotopic (exact) mass is 253 g/mol. The molecule has 0 saturated carbocycles. The number of rotatable bonds is 2. The van der Waals surface area contributed by atoms with E-state index in [2.05, 4.69) is 16.5 Å². The van der Waals surface area contributed by atoms with Crippen LogP contribution in [0, 0.1) is 0 Å². The maximum absolute atomic E-state index is 12.3. The van der Waals surface area contributed by atoms with Crippen LogP contribution in [0.4, 0.5) is 0 Å². The fraction of sp³-hybridized carbons (Fsp3) is 0.200. The van der Waals surface area contributed by atoms with Crippen LogP contribution < -0.4 is 5.56 Å². The standard InChI is InChI=1S/C15H15N3O/c1-3-18-9-8-11(10-18)14-16-13-7-5-4-6-12(13)15(19)17(14)2/h4-10H,3H2,1-2H3. The topological polar surface area (TPSA) is 39.8 Å². The van der Waals surface area contributed by atoms with Crippen molar-refractivity contribution in [3.63, 3.8) is 0 Å². The van der Waals surface area contributed by atoms with E-state index >= 15 is 0 Å². The van der Waals surface area contributed by atoms with Crippen LogP contribution in [0.25, 0.3) is 22.3 Å². The molecule has 0 amide bonds. The molecule has 0 bridgehead atoms. The minimum atomic E-state index is -0.00940. The smallest absolute Gasteiger partial charge is 0.261 e. The van der Waals surface area contributed by atoms with Crippen LogP contribution in [0.2, 0.25) is 0 Å². The molecule has 4 nitrogen and oxygen atoms in total. The molecule has 0 saturated heterocycles. The van der Waals surface area contributed by atoms with Crippen LogP contribution >= 0.6 is 0 Å². The molecule has 0 aliphatic rings. The van der Waals surface area contributed by atoms with Gasteiger partial charge >= 0.3 is 0 Å². The van der Waals surface area contributed by atoms with Gasteiger partial charge in [0.2, 0.25) is 0 Å². The first-order valence-corrected chi connectivity index (χ1v) is 6.32. The van der Waals surface area contributed by atoms with E-state index in [-0.39, 0.29) is 5.56 Å². The van der Waals surface area contributed by atoms with Gasteiger partial charge < -0.3 is 4.57 Å². The summed E-state index contributed by atoms with van der Waals surface area (Å²) in [5, 5.41) is 0.656. The van der Waals surface area contributed by atoms with Crippen molar-refractivity contribution in [2.45, 2.75) is 13.5 Å². The number of para-hydroxylation sites is 1. The first-order valence-electron chi connectivity index (χ1n) is 6.32. The van der Waals surface area contributed by atoms with Crippen LogP contribution in [0.5, 0.6) is 0 Å². The molecule has 0 N–H and O–H groups in total. The van der Waals surface area contributed by atoms with E-state index in [1.165, 1.54) is 0 Å². The molecule has 0 atom stereocenters. The van der Waals surface area contributed by atoms with Crippen LogP contribution in [0.1, 0.15) is 6.92 Å². The maximum atomic E-state index is 12.3. The van der Waals surface area contributed by atoms with Crippen LogP contribution in [0.3, 0.4) is 0 Å². The molecule has 2 aromatic heterocycles. The third-order valence-electron chi connectivity index (χ3n) is 3.36. The molecule has 0 aliphatic heterocycles. The molecule has 0 radical (unpaired) electrons. The summed E-state index contributed by atoms with van der Waals surface area (Å²) in [6.45, 7) is 2.98. The first kappa shape index (κ1) is 11.7. The quantitative estimate of drug-likeness (QED) is 0.703. The number of hydrogen-bond acceptors (Lipinski definition) is 2. The Morgan fingerprint density at radius 1 is 1.21 bits per heavy atom. The zero-order chi connectivity index (χ0) is 13.4.